The van der Waals surface area contributed by atoms with Gasteiger partial charge in [0, 0.05) is 0 Å². The van der Waals surface area contributed by atoms with Crippen LogP contribution in [0.4, 0.5) is 4.79 Å². The van der Waals surface area contributed by atoms with Gasteiger partial charge in [-0.15, -0.1) is 0 Å². The van der Waals surface area contributed by atoms with Crippen LogP contribution in [-0.4, -0.2) is 31.6 Å². The minimum Gasteiger partial charge on any atom is -0.437 e. The first-order valence-electron chi connectivity index (χ1n) is 6.55. The van der Waals surface area contributed by atoms with Crippen LogP contribution in [0.3, 0.4) is 0 Å². The largest absolute Gasteiger partial charge is 0.515 e. The zero-order valence-electron chi connectivity index (χ0n) is 12.7. The number of benzene rings is 1. The van der Waals surface area contributed by atoms with Gasteiger partial charge in [-0.05, 0) is 26.3 Å². The van der Waals surface area contributed by atoms with E-state index in [0.717, 1.165) is 7.11 Å². The van der Waals surface area contributed by atoms with Crippen LogP contribution < -0.4 is 5.32 Å². The van der Waals surface area contributed by atoms with Crippen molar-refractivity contribution < 1.29 is 23.8 Å². The van der Waals surface area contributed by atoms with Crippen molar-refractivity contribution in [2.75, 3.05) is 13.8 Å². The lowest BCUT2D eigenvalue weighted by Gasteiger charge is -2.23. The second kappa shape index (κ2) is 7.75. The van der Waals surface area contributed by atoms with Gasteiger partial charge in [0.05, 0.1) is 19.4 Å². The average Bonchev–Trinajstić information content (AvgIpc) is 2.43. The van der Waals surface area contributed by atoms with Gasteiger partial charge < -0.3 is 14.2 Å². The maximum Gasteiger partial charge on any atom is 0.515 e. The van der Waals surface area contributed by atoms with Gasteiger partial charge >= 0.3 is 12.1 Å². The SMILES string of the molecule is COC(=O)OC(=O)C(NCOC(C)(C)C)c1ccccc1. The summed E-state index contributed by atoms with van der Waals surface area (Å²) >= 11 is 0. The highest BCUT2D eigenvalue weighted by Gasteiger charge is 2.25. The van der Waals surface area contributed by atoms with Gasteiger partial charge in [-0.2, -0.15) is 0 Å². The molecule has 0 aliphatic heterocycles. The van der Waals surface area contributed by atoms with Crippen LogP contribution in [0, 0.1) is 0 Å². The Labute approximate surface area is 124 Å². The monoisotopic (exact) mass is 295 g/mol. The number of hydrogen-bond acceptors (Lipinski definition) is 6. The lowest BCUT2D eigenvalue weighted by atomic mass is 10.1. The number of esters is 1. The molecule has 0 spiro atoms. The van der Waals surface area contributed by atoms with Crippen molar-refractivity contribution in [2.45, 2.75) is 32.4 Å². The van der Waals surface area contributed by atoms with Gasteiger partial charge in [-0.1, -0.05) is 30.3 Å². The van der Waals surface area contributed by atoms with Gasteiger partial charge in [-0.25, -0.2) is 9.59 Å². The van der Waals surface area contributed by atoms with E-state index < -0.39 is 18.2 Å². The number of carbonyl (C=O) groups excluding carboxylic acids is 2. The van der Waals surface area contributed by atoms with Gasteiger partial charge in [0.15, 0.2) is 0 Å². The Balaban J connectivity index is 2.76. The van der Waals surface area contributed by atoms with E-state index in [1.165, 1.54) is 0 Å². The maximum atomic E-state index is 12.0. The molecule has 1 atom stereocenters. The summed E-state index contributed by atoms with van der Waals surface area (Å²) in [7, 11) is 1.14. The molecular weight excluding hydrogens is 274 g/mol. The standard InChI is InChI=1S/C15H21NO5/c1-15(2,3)20-10-16-12(11-8-6-5-7-9-11)13(17)21-14(18)19-4/h5-9,12,16H,10H2,1-4H3. The van der Waals surface area contributed by atoms with E-state index in [-0.39, 0.29) is 12.3 Å². The molecule has 0 fully saturated rings. The van der Waals surface area contributed by atoms with E-state index in [0.29, 0.717) is 5.56 Å². The molecule has 1 N–H and O–H groups in total. The quantitative estimate of drug-likeness (QED) is 0.511. The molecule has 0 heterocycles. The normalized spacial score (nSPS) is 12.6. The van der Waals surface area contributed by atoms with Crippen molar-refractivity contribution in [3.05, 3.63) is 35.9 Å². The Bertz CT molecular complexity index is 467. The Morgan fingerprint density at radius 1 is 1.19 bits per heavy atom. The van der Waals surface area contributed by atoms with E-state index in [1.54, 1.807) is 24.3 Å². The molecule has 6 heteroatoms. The molecule has 0 aliphatic carbocycles. The van der Waals surface area contributed by atoms with Crippen LogP contribution >= 0.6 is 0 Å². The molecule has 0 saturated heterocycles. The summed E-state index contributed by atoms with van der Waals surface area (Å²) < 4.78 is 14.4. The Hall–Kier alpha value is -1.92. The molecule has 0 radical (unpaired) electrons. The summed E-state index contributed by atoms with van der Waals surface area (Å²) in [6.45, 7) is 5.84. The molecule has 1 aromatic rings. The summed E-state index contributed by atoms with van der Waals surface area (Å²) in [5.41, 5.74) is 0.324. The second-order valence-corrected chi connectivity index (χ2v) is 5.32. The van der Waals surface area contributed by atoms with Crippen molar-refractivity contribution in [3.8, 4) is 0 Å². The van der Waals surface area contributed by atoms with E-state index in [1.807, 2.05) is 26.8 Å². The molecular formula is C15H21NO5. The Morgan fingerprint density at radius 3 is 2.33 bits per heavy atom. The van der Waals surface area contributed by atoms with Crippen molar-refractivity contribution in [2.24, 2.45) is 0 Å². The lowest BCUT2D eigenvalue weighted by molar-refractivity contribution is -0.143. The highest BCUT2D eigenvalue weighted by molar-refractivity contribution is 5.86. The summed E-state index contributed by atoms with van der Waals surface area (Å²) in [5, 5.41) is 2.92. The maximum absolute atomic E-state index is 12.0. The molecule has 21 heavy (non-hydrogen) atoms. The molecule has 1 rings (SSSR count). The van der Waals surface area contributed by atoms with Crippen LogP contribution in [-0.2, 0) is 19.0 Å². The van der Waals surface area contributed by atoms with E-state index in [4.69, 9.17) is 4.74 Å². The van der Waals surface area contributed by atoms with Crippen LogP contribution in [0.1, 0.15) is 32.4 Å². The number of nitrogens with one attached hydrogen (secondary N) is 1. The number of ether oxygens (including phenoxy) is 3. The molecule has 1 unspecified atom stereocenters. The van der Waals surface area contributed by atoms with E-state index in [2.05, 4.69) is 14.8 Å². The zero-order valence-corrected chi connectivity index (χ0v) is 12.7. The van der Waals surface area contributed by atoms with Crippen molar-refractivity contribution >= 4 is 12.1 Å². The zero-order chi connectivity index (χ0) is 15.9. The molecule has 0 bridgehead atoms. The molecule has 0 saturated carbocycles. The predicted molar refractivity (Wildman–Crippen MR) is 76.5 cm³/mol. The highest BCUT2D eigenvalue weighted by Crippen LogP contribution is 2.15. The van der Waals surface area contributed by atoms with Crippen LogP contribution in [0.5, 0.6) is 0 Å². The van der Waals surface area contributed by atoms with Crippen molar-refractivity contribution in [3.63, 3.8) is 0 Å². The number of carbonyl (C=O) groups is 2. The molecule has 0 aromatic heterocycles. The average molecular weight is 295 g/mol. The first-order chi connectivity index (χ1) is 9.83. The third-order valence-electron chi connectivity index (χ3n) is 2.51. The number of rotatable bonds is 5. The Kier molecular flexibility index (Phi) is 6.33. The number of methoxy groups -OCH3 is 1. The van der Waals surface area contributed by atoms with Crippen LogP contribution in [0.2, 0.25) is 0 Å². The second-order valence-electron chi connectivity index (χ2n) is 5.32. The first kappa shape index (κ1) is 17.1. The topological polar surface area (TPSA) is 73.9 Å². The van der Waals surface area contributed by atoms with Crippen molar-refractivity contribution in [1.29, 1.82) is 0 Å². The van der Waals surface area contributed by atoms with Gasteiger partial charge in [-0.3, -0.25) is 5.32 Å². The third kappa shape index (κ3) is 6.37. The summed E-state index contributed by atoms with van der Waals surface area (Å²) in [4.78, 5) is 23.1. The summed E-state index contributed by atoms with van der Waals surface area (Å²) in [5.74, 6) is -0.745. The van der Waals surface area contributed by atoms with Gasteiger partial charge in [0.25, 0.3) is 0 Å². The molecule has 0 amide bonds. The van der Waals surface area contributed by atoms with Crippen LogP contribution in [0.15, 0.2) is 30.3 Å². The number of hydrogen-bond donors (Lipinski definition) is 1. The first-order valence-corrected chi connectivity index (χ1v) is 6.55. The fourth-order valence-electron chi connectivity index (χ4n) is 1.51. The van der Waals surface area contributed by atoms with Crippen LogP contribution in [0.25, 0.3) is 0 Å². The molecule has 6 nitrogen and oxygen atoms in total. The predicted octanol–water partition coefficient (Wildman–Crippen LogP) is 2.40. The fraction of sp³-hybridized carbons (Fsp3) is 0.467. The lowest BCUT2D eigenvalue weighted by Crippen LogP contribution is -2.35. The van der Waals surface area contributed by atoms with Gasteiger partial charge in [0.1, 0.15) is 6.04 Å². The highest BCUT2D eigenvalue weighted by atomic mass is 16.7. The summed E-state index contributed by atoms with van der Waals surface area (Å²) in [6, 6.07) is 8.12. The summed E-state index contributed by atoms with van der Waals surface area (Å²) in [6.07, 6.45) is -1.04. The molecule has 116 valence electrons. The fourth-order valence-corrected chi connectivity index (χ4v) is 1.51. The Morgan fingerprint density at radius 2 is 1.81 bits per heavy atom. The minimum absolute atomic E-state index is 0.138. The molecule has 0 aliphatic rings. The van der Waals surface area contributed by atoms with E-state index in [9.17, 15) is 9.59 Å². The van der Waals surface area contributed by atoms with E-state index >= 15 is 0 Å². The van der Waals surface area contributed by atoms with Gasteiger partial charge in [0.2, 0.25) is 0 Å². The minimum atomic E-state index is -1.04. The third-order valence-corrected chi connectivity index (χ3v) is 2.51. The molecule has 1 aromatic carbocycles. The smallest absolute Gasteiger partial charge is 0.437 e. The van der Waals surface area contributed by atoms with Crippen molar-refractivity contribution in [1.82, 2.24) is 5.32 Å².